The predicted octanol–water partition coefficient (Wildman–Crippen LogP) is 4.89. The summed E-state index contributed by atoms with van der Waals surface area (Å²) in [5, 5.41) is 3.86. The number of thiazole rings is 1. The van der Waals surface area contributed by atoms with Crippen LogP contribution in [0.5, 0.6) is 0 Å². The van der Waals surface area contributed by atoms with Gasteiger partial charge in [0.2, 0.25) is 5.91 Å². The Kier molecular flexibility index (Phi) is 4.62. The van der Waals surface area contributed by atoms with Crippen molar-refractivity contribution in [1.82, 2.24) is 10.3 Å². The molecule has 26 heavy (non-hydrogen) atoms. The lowest BCUT2D eigenvalue weighted by Gasteiger charge is -2.03. The lowest BCUT2D eigenvalue weighted by atomic mass is 10.1. The SMILES string of the molecule is O=C(C=Cc1ccco1)NCc1ccc(-c2nc3ccccc3s2)cc1. The number of aromatic nitrogens is 1. The van der Waals surface area contributed by atoms with Gasteiger partial charge in [0.1, 0.15) is 10.8 Å². The third kappa shape index (κ3) is 3.73. The molecule has 0 aliphatic carbocycles. The monoisotopic (exact) mass is 360 g/mol. The molecule has 0 saturated heterocycles. The third-order valence-corrected chi connectivity index (χ3v) is 4.99. The van der Waals surface area contributed by atoms with Crippen molar-refractivity contribution in [2.24, 2.45) is 0 Å². The van der Waals surface area contributed by atoms with Crippen LogP contribution in [-0.2, 0) is 11.3 Å². The molecule has 0 bridgehead atoms. The number of amides is 1. The highest BCUT2D eigenvalue weighted by Gasteiger charge is 2.06. The number of carbonyl (C=O) groups is 1. The van der Waals surface area contributed by atoms with E-state index in [0.717, 1.165) is 21.7 Å². The number of benzene rings is 2. The Labute approximate surface area is 154 Å². The molecule has 1 amide bonds. The first kappa shape index (κ1) is 16.3. The maximum absolute atomic E-state index is 11.9. The van der Waals surface area contributed by atoms with Crippen LogP contribution in [0.25, 0.3) is 26.9 Å². The molecule has 4 aromatic rings. The molecule has 0 saturated carbocycles. The van der Waals surface area contributed by atoms with Gasteiger partial charge in [-0.15, -0.1) is 11.3 Å². The van der Waals surface area contributed by atoms with E-state index in [2.05, 4.69) is 16.4 Å². The Morgan fingerprint density at radius 3 is 2.69 bits per heavy atom. The van der Waals surface area contributed by atoms with Gasteiger partial charge < -0.3 is 9.73 Å². The van der Waals surface area contributed by atoms with Crippen LogP contribution in [0.3, 0.4) is 0 Å². The summed E-state index contributed by atoms with van der Waals surface area (Å²) < 4.78 is 6.33. The smallest absolute Gasteiger partial charge is 0.244 e. The van der Waals surface area contributed by atoms with Gasteiger partial charge in [-0.3, -0.25) is 4.79 Å². The van der Waals surface area contributed by atoms with Gasteiger partial charge in [-0.1, -0.05) is 36.4 Å². The minimum atomic E-state index is -0.156. The number of hydrogen-bond donors (Lipinski definition) is 1. The standard InChI is InChI=1S/C21H16N2O2S/c24-20(12-11-17-4-3-13-25-17)22-14-15-7-9-16(10-8-15)21-23-18-5-1-2-6-19(18)26-21/h1-13H,14H2,(H,22,24). The third-order valence-electron chi connectivity index (χ3n) is 3.90. The minimum Gasteiger partial charge on any atom is -0.465 e. The van der Waals surface area contributed by atoms with Crippen LogP contribution in [-0.4, -0.2) is 10.9 Å². The van der Waals surface area contributed by atoms with E-state index in [1.54, 1.807) is 35.8 Å². The Hall–Kier alpha value is -3.18. The van der Waals surface area contributed by atoms with E-state index in [1.165, 1.54) is 10.8 Å². The first-order valence-corrected chi connectivity index (χ1v) is 9.04. The summed E-state index contributed by atoms with van der Waals surface area (Å²) in [7, 11) is 0. The van der Waals surface area contributed by atoms with Gasteiger partial charge in [0.05, 0.1) is 16.5 Å². The molecule has 0 unspecified atom stereocenters. The van der Waals surface area contributed by atoms with Crippen LogP contribution in [0.4, 0.5) is 0 Å². The van der Waals surface area contributed by atoms with Crippen molar-refractivity contribution in [3.05, 3.63) is 84.3 Å². The van der Waals surface area contributed by atoms with Crippen LogP contribution in [0.1, 0.15) is 11.3 Å². The molecule has 0 spiro atoms. The Morgan fingerprint density at radius 1 is 1.08 bits per heavy atom. The fourth-order valence-corrected chi connectivity index (χ4v) is 3.52. The normalized spacial score (nSPS) is 11.2. The van der Waals surface area contributed by atoms with Crippen molar-refractivity contribution in [2.75, 3.05) is 0 Å². The Bertz CT molecular complexity index is 1010. The summed E-state index contributed by atoms with van der Waals surface area (Å²) in [6.45, 7) is 0.474. The van der Waals surface area contributed by atoms with Gasteiger partial charge >= 0.3 is 0 Å². The van der Waals surface area contributed by atoms with Gasteiger partial charge in [0.25, 0.3) is 0 Å². The fraction of sp³-hybridized carbons (Fsp3) is 0.0476. The first-order valence-electron chi connectivity index (χ1n) is 8.22. The van der Waals surface area contributed by atoms with Crippen molar-refractivity contribution < 1.29 is 9.21 Å². The zero-order valence-electron chi connectivity index (χ0n) is 13.9. The first-order chi connectivity index (χ1) is 12.8. The van der Waals surface area contributed by atoms with Crippen LogP contribution in [0.15, 0.2) is 77.4 Å². The summed E-state index contributed by atoms with van der Waals surface area (Å²) >= 11 is 1.68. The number of nitrogens with one attached hydrogen (secondary N) is 1. The van der Waals surface area contributed by atoms with Crippen LogP contribution in [0, 0.1) is 0 Å². The van der Waals surface area contributed by atoms with Crippen LogP contribution >= 0.6 is 11.3 Å². The molecule has 1 N–H and O–H groups in total. The van der Waals surface area contributed by atoms with Crippen LogP contribution < -0.4 is 5.32 Å². The highest BCUT2D eigenvalue weighted by molar-refractivity contribution is 7.21. The maximum Gasteiger partial charge on any atom is 0.244 e. The number of para-hydroxylation sites is 1. The number of carbonyl (C=O) groups excluding carboxylic acids is 1. The second-order valence-corrected chi connectivity index (χ2v) is 6.78. The number of fused-ring (bicyclic) bond motifs is 1. The van der Waals surface area contributed by atoms with Crippen molar-refractivity contribution >= 4 is 33.5 Å². The molecule has 2 aromatic carbocycles. The molecule has 0 fully saturated rings. The summed E-state index contributed by atoms with van der Waals surface area (Å²) in [5.41, 5.74) is 3.14. The molecule has 0 aliphatic heterocycles. The number of rotatable bonds is 5. The molecular formula is C21H16N2O2S. The van der Waals surface area contributed by atoms with Crippen molar-refractivity contribution in [3.8, 4) is 10.6 Å². The summed E-state index contributed by atoms with van der Waals surface area (Å²) in [6.07, 6.45) is 4.68. The fourth-order valence-electron chi connectivity index (χ4n) is 2.55. The molecule has 0 radical (unpaired) electrons. The number of nitrogens with zero attached hydrogens (tertiary/aromatic N) is 1. The Morgan fingerprint density at radius 2 is 1.92 bits per heavy atom. The second kappa shape index (κ2) is 7.37. The van der Waals surface area contributed by atoms with Gasteiger partial charge in [-0.2, -0.15) is 0 Å². The molecule has 5 heteroatoms. The number of furan rings is 1. The minimum absolute atomic E-state index is 0.156. The largest absolute Gasteiger partial charge is 0.465 e. The quantitative estimate of drug-likeness (QED) is 0.516. The molecule has 2 heterocycles. The summed E-state index contributed by atoms with van der Waals surface area (Å²) in [5.74, 6) is 0.497. The van der Waals surface area contributed by atoms with Crippen molar-refractivity contribution in [1.29, 1.82) is 0 Å². The molecule has 2 aromatic heterocycles. The van der Waals surface area contributed by atoms with Gasteiger partial charge in [-0.25, -0.2) is 4.98 Å². The average molecular weight is 360 g/mol. The molecule has 4 rings (SSSR count). The van der Waals surface area contributed by atoms with E-state index in [0.29, 0.717) is 12.3 Å². The second-order valence-electron chi connectivity index (χ2n) is 5.75. The van der Waals surface area contributed by atoms with Gasteiger partial charge in [-0.05, 0) is 35.9 Å². The highest BCUT2D eigenvalue weighted by atomic mass is 32.1. The van der Waals surface area contributed by atoms with Crippen molar-refractivity contribution in [2.45, 2.75) is 6.54 Å². The maximum atomic E-state index is 11.9. The zero-order chi connectivity index (χ0) is 17.8. The zero-order valence-corrected chi connectivity index (χ0v) is 14.7. The van der Waals surface area contributed by atoms with Gasteiger partial charge in [0.15, 0.2) is 0 Å². The Balaban J connectivity index is 1.39. The molecule has 0 aliphatic rings. The summed E-state index contributed by atoms with van der Waals surface area (Å²) in [6, 6.07) is 19.8. The summed E-state index contributed by atoms with van der Waals surface area (Å²) in [4.78, 5) is 16.5. The van der Waals surface area contributed by atoms with Gasteiger partial charge in [0, 0.05) is 18.2 Å². The van der Waals surface area contributed by atoms with Crippen molar-refractivity contribution in [3.63, 3.8) is 0 Å². The topological polar surface area (TPSA) is 55.1 Å². The highest BCUT2D eigenvalue weighted by Crippen LogP contribution is 2.29. The van der Waals surface area contributed by atoms with Crippen LogP contribution in [0.2, 0.25) is 0 Å². The lowest BCUT2D eigenvalue weighted by molar-refractivity contribution is -0.116. The predicted molar refractivity (Wildman–Crippen MR) is 105 cm³/mol. The molecule has 0 atom stereocenters. The molecule has 4 nitrogen and oxygen atoms in total. The van der Waals surface area contributed by atoms with E-state index in [1.807, 2.05) is 42.5 Å². The lowest BCUT2D eigenvalue weighted by Crippen LogP contribution is -2.20. The van der Waals surface area contributed by atoms with E-state index in [9.17, 15) is 4.79 Å². The number of hydrogen-bond acceptors (Lipinski definition) is 4. The molecule has 128 valence electrons. The van der Waals surface area contributed by atoms with E-state index >= 15 is 0 Å². The molecular weight excluding hydrogens is 344 g/mol. The average Bonchev–Trinajstić information content (AvgIpc) is 3.34. The van der Waals surface area contributed by atoms with E-state index in [-0.39, 0.29) is 5.91 Å². The van der Waals surface area contributed by atoms with E-state index < -0.39 is 0 Å². The van der Waals surface area contributed by atoms with E-state index in [4.69, 9.17) is 4.42 Å².